The Bertz CT molecular complexity index is 736. The van der Waals surface area contributed by atoms with Crippen LogP contribution in [0.15, 0.2) is 35.2 Å². The third-order valence-electron chi connectivity index (χ3n) is 2.90. The molecule has 0 atom stereocenters. The quantitative estimate of drug-likeness (QED) is 0.732. The standard InChI is InChI=1S/C14H15N5O.2ClH/c1-8(2)17-14-18-11(13(20)19-14)6-9-7-16-12-10(9)4-3-5-15-12;;/h3-8H,1-2H3,(H,15,16)(H2,17,18,19,20);2*1H. The van der Waals surface area contributed by atoms with Gasteiger partial charge in [-0.1, -0.05) is 0 Å². The Labute approximate surface area is 140 Å². The van der Waals surface area contributed by atoms with Crippen LogP contribution in [0.3, 0.4) is 0 Å². The van der Waals surface area contributed by atoms with Gasteiger partial charge in [-0.3, -0.25) is 10.1 Å². The lowest BCUT2D eigenvalue weighted by Gasteiger charge is -2.07. The number of guanidine groups is 1. The minimum absolute atomic E-state index is 0. The highest BCUT2D eigenvalue weighted by Gasteiger charge is 2.20. The number of nitrogens with one attached hydrogen (secondary N) is 3. The van der Waals surface area contributed by atoms with E-state index in [1.165, 1.54) is 0 Å². The number of carbonyl (C=O) groups is 1. The number of hydrogen-bond acceptors (Lipinski definition) is 4. The topological polar surface area (TPSA) is 82.2 Å². The molecule has 0 saturated carbocycles. The predicted octanol–water partition coefficient (Wildman–Crippen LogP) is 2.23. The van der Waals surface area contributed by atoms with Gasteiger partial charge in [-0.25, -0.2) is 9.98 Å². The summed E-state index contributed by atoms with van der Waals surface area (Å²) >= 11 is 0. The van der Waals surface area contributed by atoms with Crippen molar-refractivity contribution >= 4 is 53.8 Å². The van der Waals surface area contributed by atoms with Gasteiger partial charge in [-0.05, 0) is 32.1 Å². The molecule has 1 amide bonds. The molecule has 3 heterocycles. The number of aliphatic imine (C=N–C) groups is 1. The molecule has 0 spiro atoms. The maximum Gasteiger partial charge on any atom is 0.276 e. The number of rotatable bonds is 2. The Morgan fingerprint density at radius 3 is 2.82 bits per heavy atom. The van der Waals surface area contributed by atoms with E-state index in [2.05, 4.69) is 25.6 Å². The van der Waals surface area contributed by atoms with Crippen LogP contribution >= 0.6 is 24.8 Å². The molecule has 0 bridgehead atoms. The summed E-state index contributed by atoms with van der Waals surface area (Å²) < 4.78 is 0. The first kappa shape index (κ1) is 18.0. The lowest BCUT2D eigenvalue weighted by molar-refractivity contribution is -0.115. The van der Waals surface area contributed by atoms with Gasteiger partial charge >= 0.3 is 0 Å². The van der Waals surface area contributed by atoms with Crippen LogP contribution in [0, 0.1) is 0 Å². The van der Waals surface area contributed by atoms with E-state index in [-0.39, 0.29) is 36.8 Å². The first-order valence-corrected chi connectivity index (χ1v) is 6.44. The highest BCUT2D eigenvalue weighted by molar-refractivity contribution is 6.14. The number of H-pyrrole nitrogens is 1. The number of pyridine rings is 1. The van der Waals surface area contributed by atoms with Gasteiger partial charge in [0.2, 0.25) is 5.96 Å². The van der Waals surface area contributed by atoms with Crippen LogP contribution in [0.25, 0.3) is 17.1 Å². The molecule has 0 aliphatic carbocycles. The predicted molar refractivity (Wildman–Crippen MR) is 92.4 cm³/mol. The molecule has 2 aromatic heterocycles. The Hall–Kier alpha value is -2.05. The average Bonchev–Trinajstić information content (AvgIpc) is 2.95. The van der Waals surface area contributed by atoms with Crippen molar-refractivity contribution in [2.24, 2.45) is 4.99 Å². The summed E-state index contributed by atoms with van der Waals surface area (Å²) in [6, 6.07) is 4.03. The van der Waals surface area contributed by atoms with E-state index in [0.29, 0.717) is 11.7 Å². The molecule has 3 N–H and O–H groups in total. The highest BCUT2D eigenvalue weighted by Crippen LogP contribution is 2.20. The zero-order chi connectivity index (χ0) is 14.1. The first-order chi connectivity index (χ1) is 9.63. The van der Waals surface area contributed by atoms with Crippen LogP contribution in [-0.4, -0.2) is 27.9 Å². The van der Waals surface area contributed by atoms with Crippen LogP contribution in [-0.2, 0) is 4.79 Å². The van der Waals surface area contributed by atoms with Crippen LogP contribution in [0.5, 0.6) is 0 Å². The second-order valence-electron chi connectivity index (χ2n) is 4.89. The SMILES string of the molecule is CC(C)NC1=NC(=Cc2c[nH]c3ncccc23)C(=O)N1.Cl.Cl. The number of halogens is 2. The van der Waals surface area contributed by atoms with Gasteiger partial charge in [0.1, 0.15) is 11.3 Å². The van der Waals surface area contributed by atoms with E-state index in [4.69, 9.17) is 0 Å². The summed E-state index contributed by atoms with van der Waals surface area (Å²) in [5.74, 6) is 0.292. The zero-order valence-electron chi connectivity index (χ0n) is 12.1. The Morgan fingerprint density at radius 1 is 1.32 bits per heavy atom. The third-order valence-corrected chi connectivity index (χ3v) is 2.90. The number of hydrogen-bond donors (Lipinski definition) is 3. The number of amides is 1. The molecule has 1 aliphatic heterocycles. The molecule has 0 unspecified atom stereocenters. The summed E-state index contributed by atoms with van der Waals surface area (Å²) in [5, 5.41) is 6.74. The van der Waals surface area contributed by atoms with Crippen molar-refractivity contribution in [2.45, 2.75) is 19.9 Å². The summed E-state index contributed by atoms with van der Waals surface area (Å²) in [7, 11) is 0. The summed E-state index contributed by atoms with van der Waals surface area (Å²) in [5.41, 5.74) is 2.08. The van der Waals surface area contributed by atoms with Gasteiger partial charge in [0, 0.05) is 29.4 Å². The van der Waals surface area contributed by atoms with Gasteiger partial charge in [-0.2, -0.15) is 0 Å². The van der Waals surface area contributed by atoms with Gasteiger partial charge in [0.05, 0.1) is 0 Å². The van der Waals surface area contributed by atoms with Gasteiger partial charge in [0.15, 0.2) is 0 Å². The summed E-state index contributed by atoms with van der Waals surface area (Å²) in [4.78, 5) is 23.4. The molecular weight excluding hydrogens is 325 g/mol. The lowest BCUT2D eigenvalue weighted by atomic mass is 10.2. The smallest absolute Gasteiger partial charge is 0.276 e. The number of aromatic nitrogens is 2. The highest BCUT2D eigenvalue weighted by atomic mass is 35.5. The maximum absolute atomic E-state index is 11.9. The van der Waals surface area contributed by atoms with Crippen LogP contribution in [0.1, 0.15) is 19.4 Å². The largest absolute Gasteiger partial charge is 0.354 e. The van der Waals surface area contributed by atoms with Crippen molar-refractivity contribution in [3.8, 4) is 0 Å². The summed E-state index contributed by atoms with van der Waals surface area (Å²) in [6.07, 6.45) is 5.30. The Morgan fingerprint density at radius 2 is 2.09 bits per heavy atom. The number of nitrogens with zero attached hydrogens (tertiary/aromatic N) is 2. The summed E-state index contributed by atoms with van der Waals surface area (Å²) in [6.45, 7) is 3.98. The molecule has 118 valence electrons. The van der Waals surface area contributed by atoms with Crippen LogP contribution in [0.4, 0.5) is 0 Å². The van der Waals surface area contributed by atoms with Crippen LogP contribution in [0.2, 0.25) is 0 Å². The van der Waals surface area contributed by atoms with Gasteiger partial charge < -0.3 is 10.3 Å². The van der Waals surface area contributed by atoms with Crippen molar-refractivity contribution in [3.63, 3.8) is 0 Å². The lowest BCUT2D eigenvalue weighted by Crippen LogP contribution is -2.39. The van der Waals surface area contributed by atoms with Crippen LogP contribution < -0.4 is 10.6 Å². The van der Waals surface area contributed by atoms with Crippen molar-refractivity contribution in [1.29, 1.82) is 0 Å². The second-order valence-corrected chi connectivity index (χ2v) is 4.89. The third kappa shape index (κ3) is 3.58. The Balaban J connectivity index is 0.00000121. The Kier molecular flexibility index (Phi) is 5.96. The molecule has 2 aromatic rings. The van der Waals surface area contributed by atoms with E-state index in [1.54, 1.807) is 12.3 Å². The number of fused-ring (bicyclic) bond motifs is 1. The monoisotopic (exact) mass is 341 g/mol. The van der Waals surface area contributed by atoms with E-state index in [0.717, 1.165) is 16.6 Å². The molecule has 22 heavy (non-hydrogen) atoms. The normalized spacial score (nSPS) is 15.3. The average molecular weight is 342 g/mol. The van der Waals surface area contributed by atoms with E-state index >= 15 is 0 Å². The molecule has 8 heteroatoms. The van der Waals surface area contributed by atoms with Gasteiger partial charge in [0.25, 0.3) is 5.91 Å². The zero-order valence-corrected chi connectivity index (χ0v) is 13.7. The van der Waals surface area contributed by atoms with E-state index in [1.807, 2.05) is 32.2 Å². The fraction of sp³-hybridized carbons (Fsp3) is 0.214. The molecule has 0 aromatic carbocycles. The molecule has 0 fully saturated rings. The maximum atomic E-state index is 11.9. The van der Waals surface area contributed by atoms with E-state index < -0.39 is 0 Å². The number of carbonyl (C=O) groups excluding carboxylic acids is 1. The number of aromatic amines is 1. The molecule has 0 radical (unpaired) electrons. The molecule has 6 nitrogen and oxygen atoms in total. The molecule has 0 saturated heterocycles. The minimum Gasteiger partial charge on any atom is -0.354 e. The van der Waals surface area contributed by atoms with Gasteiger partial charge in [-0.15, -0.1) is 24.8 Å². The van der Waals surface area contributed by atoms with Crippen molar-refractivity contribution in [2.75, 3.05) is 0 Å². The minimum atomic E-state index is -0.202. The van der Waals surface area contributed by atoms with Crippen molar-refractivity contribution in [3.05, 3.63) is 35.8 Å². The fourth-order valence-corrected chi connectivity index (χ4v) is 2.05. The fourth-order valence-electron chi connectivity index (χ4n) is 2.05. The van der Waals surface area contributed by atoms with Crippen molar-refractivity contribution in [1.82, 2.24) is 20.6 Å². The van der Waals surface area contributed by atoms with E-state index in [9.17, 15) is 4.79 Å². The molecule has 3 rings (SSSR count). The molecule has 1 aliphatic rings. The first-order valence-electron chi connectivity index (χ1n) is 6.44. The molecular formula is C14H17Cl2N5O. The second kappa shape index (κ2) is 7.29. The van der Waals surface area contributed by atoms with Crippen molar-refractivity contribution < 1.29 is 4.79 Å².